The highest BCUT2D eigenvalue weighted by Crippen LogP contribution is 2.57. The lowest BCUT2D eigenvalue weighted by molar-refractivity contribution is -0.139. The Balaban J connectivity index is 1.34. The van der Waals surface area contributed by atoms with Crippen LogP contribution < -0.4 is 14.8 Å². The Labute approximate surface area is 296 Å². The van der Waals surface area contributed by atoms with Gasteiger partial charge >= 0.3 is 5.97 Å². The van der Waals surface area contributed by atoms with Crippen molar-refractivity contribution in [1.29, 1.82) is 0 Å². The Morgan fingerprint density at radius 3 is 1.73 bits per heavy atom. The summed E-state index contributed by atoms with van der Waals surface area (Å²) in [5.74, 6) is -3.92. The van der Waals surface area contributed by atoms with Crippen molar-refractivity contribution in [2.24, 2.45) is 0 Å². The van der Waals surface area contributed by atoms with E-state index in [0.717, 1.165) is 24.8 Å². The molecule has 0 saturated heterocycles. The van der Waals surface area contributed by atoms with Gasteiger partial charge in [-0.3, -0.25) is 4.79 Å². The molecule has 5 aromatic carbocycles. The topological polar surface area (TPSA) is 166 Å². The van der Waals surface area contributed by atoms with Crippen molar-refractivity contribution in [1.82, 2.24) is 5.32 Å². The number of carboxylic acid groups (broad SMARTS) is 1. The molecule has 0 fully saturated rings. The molecule has 5 rings (SSSR count). The van der Waals surface area contributed by atoms with Crippen LogP contribution in [-0.4, -0.2) is 50.1 Å². The number of hydrogen-bond acceptors (Lipinski definition) is 8. The average Bonchev–Trinajstić information content (AvgIpc) is 3.14. The zero-order chi connectivity index (χ0) is 36.3. The summed E-state index contributed by atoms with van der Waals surface area (Å²) in [4.78, 5) is 24.8. The van der Waals surface area contributed by atoms with Crippen molar-refractivity contribution in [2.45, 2.75) is 77.4 Å². The summed E-state index contributed by atoms with van der Waals surface area (Å²) in [5, 5.41) is 58.1. The van der Waals surface area contributed by atoms with Gasteiger partial charge in [0.15, 0.2) is 11.5 Å². The van der Waals surface area contributed by atoms with Crippen LogP contribution in [0.1, 0.15) is 79.8 Å². The summed E-state index contributed by atoms with van der Waals surface area (Å²) in [6, 6.07) is 20.8. The minimum absolute atomic E-state index is 0.00609. The van der Waals surface area contributed by atoms with Crippen molar-refractivity contribution >= 4 is 33.4 Å². The van der Waals surface area contributed by atoms with Crippen molar-refractivity contribution in [3.8, 4) is 34.5 Å². The standard InChI is InChI=1S/C41H45NO9/c1-2-3-4-5-6-7-8-14-23-50-38-32-33(35(44)30-18-13-12-17-29(30)34(32)43)39(37(46)36(38)45)51-25-27-19-21-28(22-20-27)40(47)42-31(41(48)49)24-26-15-10-9-11-16-26/h9-13,15-22,31,43-46H,2-8,14,23-25H2,1H3,(H,42,47)(H,48,49)/t31-/m0/s1. The summed E-state index contributed by atoms with van der Waals surface area (Å²) >= 11 is 0. The summed E-state index contributed by atoms with van der Waals surface area (Å²) in [6.07, 6.45) is 8.79. The zero-order valence-corrected chi connectivity index (χ0v) is 28.7. The fourth-order valence-electron chi connectivity index (χ4n) is 6.19. The van der Waals surface area contributed by atoms with Crippen LogP contribution in [0.5, 0.6) is 34.5 Å². The zero-order valence-electron chi connectivity index (χ0n) is 28.7. The van der Waals surface area contributed by atoms with Crippen molar-refractivity contribution < 1.29 is 44.6 Å². The maximum absolute atomic E-state index is 12.9. The number of phenolic OH excluding ortho intramolecular Hbond substituents is 4. The summed E-state index contributed by atoms with van der Waals surface area (Å²) in [5.41, 5.74) is 1.57. The number of aliphatic carboxylic acids is 1. The number of carbonyl (C=O) groups excluding carboxylic acids is 1. The van der Waals surface area contributed by atoms with Gasteiger partial charge in [-0.15, -0.1) is 0 Å². The molecule has 0 aliphatic rings. The second-order valence-electron chi connectivity index (χ2n) is 12.7. The lowest BCUT2D eigenvalue weighted by Crippen LogP contribution is -2.42. The van der Waals surface area contributed by atoms with E-state index < -0.39 is 29.4 Å². The van der Waals surface area contributed by atoms with E-state index >= 15 is 0 Å². The molecular formula is C41H45NO9. The van der Waals surface area contributed by atoms with E-state index in [2.05, 4.69) is 12.2 Å². The van der Waals surface area contributed by atoms with Gasteiger partial charge in [0.1, 0.15) is 24.1 Å². The van der Waals surface area contributed by atoms with Gasteiger partial charge in [0.25, 0.3) is 5.91 Å². The van der Waals surface area contributed by atoms with Gasteiger partial charge in [0.05, 0.1) is 17.4 Å². The van der Waals surface area contributed by atoms with E-state index in [9.17, 15) is 35.1 Å². The summed E-state index contributed by atoms with van der Waals surface area (Å²) in [6.45, 7) is 2.26. The van der Waals surface area contributed by atoms with E-state index in [1.54, 1.807) is 60.7 Å². The van der Waals surface area contributed by atoms with E-state index in [4.69, 9.17) is 9.47 Å². The normalized spacial score (nSPS) is 11.8. The van der Waals surface area contributed by atoms with Crippen molar-refractivity contribution in [3.63, 3.8) is 0 Å². The van der Waals surface area contributed by atoms with Gasteiger partial charge in [0, 0.05) is 22.8 Å². The lowest BCUT2D eigenvalue weighted by atomic mass is 9.98. The number of carbonyl (C=O) groups is 2. The Hall–Kier alpha value is -5.64. The maximum atomic E-state index is 12.9. The highest BCUT2D eigenvalue weighted by molar-refractivity contribution is 6.16. The Kier molecular flexibility index (Phi) is 12.5. The number of benzene rings is 5. The first-order valence-corrected chi connectivity index (χ1v) is 17.5. The molecule has 0 saturated carbocycles. The third-order valence-electron chi connectivity index (χ3n) is 9.00. The van der Waals surface area contributed by atoms with Crippen LogP contribution >= 0.6 is 0 Å². The third kappa shape index (κ3) is 8.75. The monoisotopic (exact) mass is 695 g/mol. The van der Waals surface area contributed by atoms with Crippen LogP contribution in [0, 0.1) is 0 Å². The predicted molar refractivity (Wildman–Crippen MR) is 196 cm³/mol. The molecule has 51 heavy (non-hydrogen) atoms. The molecule has 0 spiro atoms. The number of phenols is 4. The number of rotatable bonds is 18. The van der Waals surface area contributed by atoms with E-state index in [1.807, 2.05) is 6.07 Å². The molecule has 0 aliphatic heterocycles. The molecule has 0 unspecified atom stereocenters. The van der Waals surface area contributed by atoms with Crippen LogP contribution in [0.15, 0.2) is 78.9 Å². The highest BCUT2D eigenvalue weighted by Gasteiger charge is 2.28. The van der Waals surface area contributed by atoms with Gasteiger partial charge < -0.3 is 40.3 Å². The minimum atomic E-state index is -1.15. The fraction of sp³-hybridized carbons (Fsp3) is 0.317. The van der Waals surface area contributed by atoms with Crippen LogP contribution in [-0.2, 0) is 17.8 Å². The SMILES string of the molecule is CCCCCCCCCCOc1c(O)c(O)c(OCc2ccc(C(=O)N[C@@H](Cc3ccccc3)C(=O)O)cc2)c2c(O)c3ccccc3c(O)c12. The molecule has 10 heteroatoms. The number of carboxylic acids is 1. The van der Waals surface area contributed by atoms with Crippen LogP contribution in [0.2, 0.25) is 0 Å². The Bertz CT molecular complexity index is 1960. The largest absolute Gasteiger partial charge is 0.506 e. The Morgan fingerprint density at radius 1 is 0.627 bits per heavy atom. The molecular weight excluding hydrogens is 650 g/mol. The quantitative estimate of drug-likeness (QED) is 0.0229. The van der Waals surface area contributed by atoms with Gasteiger partial charge in [-0.2, -0.15) is 0 Å². The number of ether oxygens (including phenoxy) is 2. The second kappa shape index (κ2) is 17.3. The molecule has 1 atom stereocenters. The molecule has 0 heterocycles. The van der Waals surface area contributed by atoms with Crippen LogP contribution in [0.3, 0.4) is 0 Å². The van der Waals surface area contributed by atoms with Gasteiger partial charge in [-0.1, -0.05) is 119 Å². The van der Waals surface area contributed by atoms with E-state index in [0.29, 0.717) is 22.8 Å². The van der Waals surface area contributed by atoms with E-state index in [1.165, 1.54) is 37.8 Å². The van der Waals surface area contributed by atoms with Crippen molar-refractivity contribution in [2.75, 3.05) is 6.61 Å². The van der Waals surface area contributed by atoms with Crippen molar-refractivity contribution in [3.05, 3.63) is 95.6 Å². The van der Waals surface area contributed by atoms with Gasteiger partial charge in [0.2, 0.25) is 11.5 Å². The third-order valence-corrected chi connectivity index (χ3v) is 9.00. The molecule has 0 radical (unpaired) electrons. The number of fused-ring (bicyclic) bond motifs is 2. The van der Waals surface area contributed by atoms with Crippen LogP contribution in [0.25, 0.3) is 21.5 Å². The molecule has 0 bridgehead atoms. The van der Waals surface area contributed by atoms with E-state index in [-0.39, 0.29) is 59.0 Å². The molecule has 5 aromatic rings. The lowest BCUT2D eigenvalue weighted by Gasteiger charge is -2.20. The Morgan fingerprint density at radius 2 is 1.16 bits per heavy atom. The van der Waals surface area contributed by atoms with Gasteiger partial charge in [-0.05, 0) is 29.7 Å². The number of hydrogen-bond donors (Lipinski definition) is 6. The summed E-state index contributed by atoms with van der Waals surface area (Å²) in [7, 11) is 0. The first-order valence-electron chi connectivity index (χ1n) is 17.5. The highest BCUT2D eigenvalue weighted by atomic mass is 16.5. The number of aromatic hydroxyl groups is 4. The fourth-order valence-corrected chi connectivity index (χ4v) is 6.19. The first-order chi connectivity index (χ1) is 24.7. The molecule has 0 aliphatic carbocycles. The second-order valence-corrected chi connectivity index (χ2v) is 12.7. The smallest absolute Gasteiger partial charge is 0.326 e. The van der Waals surface area contributed by atoms with Crippen LogP contribution in [0.4, 0.5) is 0 Å². The molecule has 1 amide bonds. The maximum Gasteiger partial charge on any atom is 0.326 e. The molecule has 0 aromatic heterocycles. The molecule has 268 valence electrons. The number of unbranched alkanes of at least 4 members (excludes halogenated alkanes) is 7. The number of amides is 1. The molecule has 10 nitrogen and oxygen atoms in total. The average molecular weight is 696 g/mol. The summed E-state index contributed by atoms with van der Waals surface area (Å²) < 4.78 is 12.0. The first kappa shape index (κ1) is 36.6. The number of nitrogens with one attached hydrogen (secondary N) is 1. The predicted octanol–water partition coefficient (Wildman–Crippen LogP) is 8.34. The van der Waals surface area contributed by atoms with Gasteiger partial charge in [-0.25, -0.2) is 4.79 Å². The minimum Gasteiger partial charge on any atom is -0.506 e. The molecule has 6 N–H and O–H groups in total.